The minimum atomic E-state index is 0.0106. The Morgan fingerprint density at radius 1 is 0.951 bits per heavy atom. The Bertz CT molecular complexity index is 1320. The summed E-state index contributed by atoms with van der Waals surface area (Å²) in [6, 6.07) is 6.11. The van der Waals surface area contributed by atoms with Gasteiger partial charge in [0.2, 0.25) is 0 Å². The van der Waals surface area contributed by atoms with Crippen LogP contribution in [-0.2, 0) is 17.8 Å². The van der Waals surface area contributed by atoms with Crippen LogP contribution in [0, 0.1) is 0 Å². The number of aryl methyl sites for hydroxylation is 1. The van der Waals surface area contributed by atoms with Crippen LogP contribution >= 0.6 is 0 Å². The van der Waals surface area contributed by atoms with E-state index in [1.807, 2.05) is 16.8 Å². The predicted octanol–water partition coefficient (Wildman–Crippen LogP) is 5.39. The highest BCUT2D eigenvalue weighted by atomic mass is 16.5. The minimum absolute atomic E-state index is 0.0106. The molecule has 0 bridgehead atoms. The molecule has 0 spiro atoms. The normalized spacial score (nSPS) is 17.2. The molecule has 1 aromatic carbocycles. The highest BCUT2D eigenvalue weighted by Crippen LogP contribution is 2.38. The molecule has 0 amide bonds. The lowest BCUT2D eigenvalue weighted by molar-refractivity contribution is -0.0540. The SMILES string of the molecule is CCCCCCn1cc(-c2cc(OC)c(CN3CCC(OC4CCNCC4)CC3)c(OC)c2)c2ccncc2c1=O. The molecule has 2 saturated heterocycles. The van der Waals surface area contributed by atoms with E-state index in [1.54, 1.807) is 26.6 Å². The maximum Gasteiger partial charge on any atom is 0.260 e. The summed E-state index contributed by atoms with van der Waals surface area (Å²) in [5.41, 5.74) is 3.01. The number of likely N-dealkylation sites (tertiary alicyclic amines) is 1. The summed E-state index contributed by atoms with van der Waals surface area (Å²) in [5.74, 6) is 1.60. The van der Waals surface area contributed by atoms with Gasteiger partial charge in [-0.25, -0.2) is 0 Å². The van der Waals surface area contributed by atoms with E-state index < -0.39 is 0 Å². The molecule has 2 fully saturated rings. The van der Waals surface area contributed by atoms with Crippen LogP contribution in [0.15, 0.2) is 41.6 Å². The monoisotopic (exact) mass is 562 g/mol. The molecule has 2 aliphatic rings. The Morgan fingerprint density at radius 2 is 1.66 bits per heavy atom. The van der Waals surface area contributed by atoms with Gasteiger partial charge in [0, 0.05) is 50.3 Å². The molecule has 4 heterocycles. The second-order valence-corrected chi connectivity index (χ2v) is 11.4. The summed E-state index contributed by atoms with van der Waals surface area (Å²) in [7, 11) is 3.44. The van der Waals surface area contributed by atoms with Crippen LogP contribution in [0.5, 0.6) is 11.5 Å². The molecule has 3 aromatic rings. The number of aromatic nitrogens is 2. The van der Waals surface area contributed by atoms with Crippen molar-refractivity contribution >= 4 is 10.8 Å². The van der Waals surface area contributed by atoms with E-state index >= 15 is 0 Å². The first-order valence-electron chi connectivity index (χ1n) is 15.4. The van der Waals surface area contributed by atoms with E-state index in [1.165, 1.54) is 6.42 Å². The summed E-state index contributed by atoms with van der Waals surface area (Å²) in [5, 5.41) is 4.95. The van der Waals surface area contributed by atoms with Crippen molar-refractivity contribution in [1.29, 1.82) is 0 Å². The summed E-state index contributed by atoms with van der Waals surface area (Å²) >= 11 is 0. The Labute approximate surface area is 244 Å². The number of hydrogen-bond acceptors (Lipinski definition) is 7. The maximum absolute atomic E-state index is 13.3. The number of ether oxygens (including phenoxy) is 3. The van der Waals surface area contributed by atoms with E-state index in [4.69, 9.17) is 14.2 Å². The van der Waals surface area contributed by atoms with Gasteiger partial charge in [0.25, 0.3) is 5.56 Å². The predicted molar refractivity (Wildman–Crippen MR) is 164 cm³/mol. The molecule has 0 atom stereocenters. The number of rotatable bonds is 12. The van der Waals surface area contributed by atoms with Crippen LogP contribution in [0.1, 0.15) is 63.9 Å². The molecule has 0 saturated carbocycles. The Balaban J connectivity index is 1.38. The van der Waals surface area contributed by atoms with Crippen molar-refractivity contribution in [3.8, 4) is 22.6 Å². The Kier molecular flexibility index (Phi) is 10.3. The summed E-state index contributed by atoms with van der Waals surface area (Å²) < 4.78 is 20.2. The highest BCUT2D eigenvalue weighted by Gasteiger charge is 2.26. The third-order valence-corrected chi connectivity index (χ3v) is 8.65. The molecular weight excluding hydrogens is 516 g/mol. The molecule has 0 radical (unpaired) electrons. The largest absolute Gasteiger partial charge is 0.496 e. The molecule has 41 heavy (non-hydrogen) atoms. The summed E-state index contributed by atoms with van der Waals surface area (Å²) in [6.45, 7) is 7.75. The van der Waals surface area contributed by atoms with Gasteiger partial charge in [0.05, 0.1) is 37.4 Å². The standard InChI is InChI=1S/C33H46N4O4/c1-4-5-6-7-16-37-23-29(27-10-15-35-21-28(27)33(37)38)24-19-31(39-2)30(32(20-24)40-3)22-36-17-11-26(12-18-36)41-25-8-13-34-14-9-25/h10,15,19-21,23,25-26,34H,4-9,11-14,16-18,22H2,1-3H3. The zero-order chi connectivity index (χ0) is 28.6. The Morgan fingerprint density at radius 3 is 2.34 bits per heavy atom. The third-order valence-electron chi connectivity index (χ3n) is 8.65. The molecule has 222 valence electrons. The van der Waals surface area contributed by atoms with E-state index in [0.29, 0.717) is 24.1 Å². The van der Waals surface area contributed by atoms with Gasteiger partial charge < -0.3 is 24.1 Å². The zero-order valence-corrected chi connectivity index (χ0v) is 25.0. The molecule has 1 N–H and O–H groups in total. The van der Waals surface area contributed by atoms with Crippen LogP contribution in [0.3, 0.4) is 0 Å². The first-order chi connectivity index (χ1) is 20.1. The minimum Gasteiger partial charge on any atom is -0.496 e. The van der Waals surface area contributed by atoms with E-state index in [2.05, 4.69) is 34.3 Å². The lowest BCUT2D eigenvalue weighted by atomic mass is 9.98. The first-order valence-corrected chi connectivity index (χ1v) is 15.4. The van der Waals surface area contributed by atoms with Crippen molar-refractivity contribution < 1.29 is 14.2 Å². The number of unbranched alkanes of at least 4 members (excludes halogenated alkanes) is 3. The molecule has 2 aromatic heterocycles. The number of nitrogens with zero attached hydrogens (tertiary/aromatic N) is 3. The van der Waals surface area contributed by atoms with Gasteiger partial charge in [-0.2, -0.15) is 0 Å². The smallest absolute Gasteiger partial charge is 0.260 e. The van der Waals surface area contributed by atoms with Crippen LogP contribution in [0.2, 0.25) is 0 Å². The third kappa shape index (κ3) is 7.11. The molecule has 8 nitrogen and oxygen atoms in total. The fourth-order valence-corrected chi connectivity index (χ4v) is 6.27. The average molecular weight is 563 g/mol. The highest BCUT2D eigenvalue weighted by molar-refractivity contribution is 5.95. The van der Waals surface area contributed by atoms with Crippen molar-refractivity contribution in [3.63, 3.8) is 0 Å². The Hall–Kier alpha value is -2.94. The van der Waals surface area contributed by atoms with Gasteiger partial charge in [0.15, 0.2) is 0 Å². The molecule has 2 aliphatic heterocycles. The number of nitrogens with one attached hydrogen (secondary N) is 1. The summed E-state index contributed by atoms with van der Waals surface area (Å²) in [6.07, 6.45) is 14.9. The van der Waals surface area contributed by atoms with E-state index in [-0.39, 0.29) is 5.56 Å². The number of benzene rings is 1. The number of hydrogen-bond donors (Lipinski definition) is 1. The lowest BCUT2D eigenvalue weighted by Gasteiger charge is -2.35. The van der Waals surface area contributed by atoms with Gasteiger partial charge in [-0.05, 0) is 74.3 Å². The second-order valence-electron chi connectivity index (χ2n) is 11.4. The number of methoxy groups -OCH3 is 2. The van der Waals surface area contributed by atoms with Gasteiger partial charge in [-0.1, -0.05) is 26.2 Å². The quantitative estimate of drug-likeness (QED) is 0.297. The fraction of sp³-hybridized carbons (Fsp3) is 0.576. The van der Waals surface area contributed by atoms with E-state index in [9.17, 15) is 4.79 Å². The van der Waals surface area contributed by atoms with Gasteiger partial charge >= 0.3 is 0 Å². The number of fused-ring (bicyclic) bond motifs is 1. The van der Waals surface area contributed by atoms with Crippen molar-refractivity contribution in [2.24, 2.45) is 0 Å². The maximum atomic E-state index is 13.3. The van der Waals surface area contributed by atoms with Gasteiger partial charge in [-0.3, -0.25) is 14.7 Å². The molecule has 8 heteroatoms. The van der Waals surface area contributed by atoms with Crippen molar-refractivity contribution in [3.05, 3.63) is 52.7 Å². The molecule has 5 rings (SSSR count). The second kappa shape index (κ2) is 14.3. The van der Waals surface area contributed by atoms with Crippen molar-refractivity contribution in [1.82, 2.24) is 19.8 Å². The number of piperidine rings is 2. The molecule has 0 unspecified atom stereocenters. The van der Waals surface area contributed by atoms with Gasteiger partial charge in [0.1, 0.15) is 11.5 Å². The molecular formula is C33H46N4O4. The lowest BCUT2D eigenvalue weighted by Crippen LogP contribution is -2.40. The van der Waals surface area contributed by atoms with Crippen molar-refractivity contribution in [2.45, 2.75) is 83.6 Å². The topological polar surface area (TPSA) is 77.8 Å². The van der Waals surface area contributed by atoms with Crippen LogP contribution in [0.25, 0.3) is 21.9 Å². The van der Waals surface area contributed by atoms with Crippen LogP contribution in [-0.4, -0.2) is 67.1 Å². The molecule has 0 aliphatic carbocycles. The zero-order valence-electron chi connectivity index (χ0n) is 25.0. The van der Waals surface area contributed by atoms with Crippen molar-refractivity contribution in [2.75, 3.05) is 40.4 Å². The number of pyridine rings is 2. The van der Waals surface area contributed by atoms with Crippen LogP contribution < -0.4 is 20.3 Å². The van der Waals surface area contributed by atoms with Crippen LogP contribution in [0.4, 0.5) is 0 Å². The van der Waals surface area contributed by atoms with E-state index in [0.717, 1.165) is 111 Å². The first kappa shape index (κ1) is 29.5. The summed E-state index contributed by atoms with van der Waals surface area (Å²) in [4.78, 5) is 20.0. The van der Waals surface area contributed by atoms with Gasteiger partial charge in [-0.15, -0.1) is 0 Å². The fourth-order valence-electron chi connectivity index (χ4n) is 6.27. The average Bonchev–Trinajstić information content (AvgIpc) is 3.02.